The van der Waals surface area contributed by atoms with E-state index >= 15 is 0 Å². The molecule has 1 aliphatic rings. The smallest absolute Gasteiger partial charge is 0.136 e. The predicted molar refractivity (Wildman–Crippen MR) is 63.8 cm³/mol. The maximum atomic E-state index is 11.2. The number of ketones is 1. The summed E-state index contributed by atoms with van der Waals surface area (Å²) < 4.78 is 5.52. The number of Topliss-reactive ketones (excluding diaryl/α,β-unsaturated/α-hetero) is 1. The van der Waals surface area contributed by atoms with Gasteiger partial charge in [0.15, 0.2) is 0 Å². The number of carbonyl (C=O) groups excluding carboxylic acids is 1. The molecule has 2 nitrogen and oxygen atoms in total. The van der Waals surface area contributed by atoms with E-state index in [9.17, 15) is 4.79 Å². The molecule has 2 atom stereocenters. The Hall–Kier alpha value is -1.31. The van der Waals surface area contributed by atoms with Crippen molar-refractivity contribution < 1.29 is 9.53 Å². The molecule has 16 heavy (non-hydrogen) atoms. The molecule has 1 saturated carbocycles. The third-order valence-electron chi connectivity index (χ3n) is 3.31. The Balaban J connectivity index is 2.00. The fourth-order valence-corrected chi connectivity index (χ4v) is 2.08. The monoisotopic (exact) mass is 218 g/mol. The van der Waals surface area contributed by atoms with Crippen molar-refractivity contribution in [2.24, 2.45) is 5.92 Å². The first-order chi connectivity index (χ1) is 7.72. The van der Waals surface area contributed by atoms with Crippen molar-refractivity contribution in [1.29, 1.82) is 0 Å². The van der Waals surface area contributed by atoms with Crippen LogP contribution in [0.25, 0.3) is 0 Å². The minimum Gasteiger partial charge on any atom is -0.494 e. The molecule has 0 amide bonds. The zero-order valence-electron chi connectivity index (χ0n) is 9.90. The minimum absolute atomic E-state index is 0.197. The number of benzene rings is 1. The van der Waals surface area contributed by atoms with Crippen molar-refractivity contribution in [2.45, 2.75) is 32.6 Å². The summed E-state index contributed by atoms with van der Waals surface area (Å²) >= 11 is 0. The first-order valence-electron chi connectivity index (χ1n) is 5.98. The number of hydrogen-bond acceptors (Lipinski definition) is 2. The molecule has 1 aromatic carbocycles. The van der Waals surface area contributed by atoms with E-state index in [0.717, 1.165) is 18.8 Å². The van der Waals surface area contributed by atoms with Crippen molar-refractivity contribution in [3.05, 3.63) is 29.8 Å². The molecular formula is C14H18O2. The lowest BCUT2D eigenvalue weighted by atomic mass is 9.70. The van der Waals surface area contributed by atoms with Gasteiger partial charge in [-0.15, -0.1) is 0 Å². The van der Waals surface area contributed by atoms with Gasteiger partial charge in [-0.1, -0.05) is 26.0 Å². The van der Waals surface area contributed by atoms with Crippen molar-refractivity contribution in [3.63, 3.8) is 0 Å². The summed E-state index contributed by atoms with van der Waals surface area (Å²) in [7, 11) is 0. The summed E-state index contributed by atoms with van der Waals surface area (Å²) in [5, 5.41) is 0. The van der Waals surface area contributed by atoms with Crippen LogP contribution in [0.5, 0.6) is 5.75 Å². The van der Waals surface area contributed by atoms with Gasteiger partial charge in [0, 0.05) is 18.3 Å². The Bertz CT molecular complexity index is 367. The van der Waals surface area contributed by atoms with E-state index in [1.54, 1.807) is 0 Å². The summed E-state index contributed by atoms with van der Waals surface area (Å²) in [5.41, 5.74) is 1.26. The Labute approximate surface area is 96.6 Å². The SMILES string of the molecule is CCCOc1ccc(C2CC(=O)C2C)cc1. The molecule has 2 heteroatoms. The maximum Gasteiger partial charge on any atom is 0.136 e. The molecule has 0 aliphatic heterocycles. The molecule has 0 bridgehead atoms. The zero-order valence-corrected chi connectivity index (χ0v) is 9.90. The van der Waals surface area contributed by atoms with Crippen molar-refractivity contribution in [3.8, 4) is 5.75 Å². The zero-order chi connectivity index (χ0) is 11.5. The summed E-state index contributed by atoms with van der Waals surface area (Å²) in [5.74, 6) is 1.93. The van der Waals surface area contributed by atoms with Gasteiger partial charge in [0.1, 0.15) is 11.5 Å². The van der Waals surface area contributed by atoms with Crippen LogP contribution in [-0.2, 0) is 4.79 Å². The van der Waals surface area contributed by atoms with Gasteiger partial charge in [0.2, 0.25) is 0 Å². The molecule has 2 unspecified atom stereocenters. The van der Waals surface area contributed by atoms with Crippen LogP contribution in [0.2, 0.25) is 0 Å². The molecular weight excluding hydrogens is 200 g/mol. The third-order valence-corrected chi connectivity index (χ3v) is 3.31. The second-order valence-corrected chi connectivity index (χ2v) is 4.48. The van der Waals surface area contributed by atoms with Crippen molar-refractivity contribution >= 4 is 5.78 Å². The Morgan fingerprint density at radius 2 is 2.00 bits per heavy atom. The standard InChI is InChI=1S/C14H18O2/c1-3-8-16-12-6-4-11(5-7-12)13-9-14(15)10(13)2/h4-7,10,13H,3,8-9H2,1-2H3. The van der Waals surface area contributed by atoms with E-state index in [4.69, 9.17) is 4.74 Å². The highest BCUT2D eigenvalue weighted by Gasteiger charge is 2.36. The molecule has 2 rings (SSSR count). The average Bonchev–Trinajstić information content (AvgIpc) is 2.34. The van der Waals surface area contributed by atoms with Gasteiger partial charge in [-0.05, 0) is 24.1 Å². The van der Waals surface area contributed by atoms with Gasteiger partial charge in [0.25, 0.3) is 0 Å². The highest BCUT2D eigenvalue weighted by atomic mass is 16.5. The fourth-order valence-electron chi connectivity index (χ4n) is 2.08. The van der Waals surface area contributed by atoms with E-state index in [1.807, 2.05) is 19.1 Å². The highest BCUT2D eigenvalue weighted by molar-refractivity contribution is 5.88. The van der Waals surface area contributed by atoms with Gasteiger partial charge >= 0.3 is 0 Å². The molecule has 1 aromatic rings. The molecule has 1 aliphatic carbocycles. The van der Waals surface area contributed by atoms with Crippen LogP contribution in [0.1, 0.15) is 38.2 Å². The summed E-state index contributed by atoms with van der Waals surface area (Å²) in [6, 6.07) is 8.16. The van der Waals surface area contributed by atoms with E-state index in [2.05, 4.69) is 19.1 Å². The number of carbonyl (C=O) groups is 1. The number of hydrogen-bond donors (Lipinski definition) is 0. The minimum atomic E-state index is 0.197. The molecule has 86 valence electrons. The molecule has 0 heterocycles. The summed E-state index contributed by atoms with van der Waals surface area (Å²) in [6.07, 6.45) is 1.73. The number of ether oxygens (including phenoxy) is 1. The normalized spacial score (nSPS) is 24.0. The summed E-state index contributed by atoms with van der Waals surface area (Å²) in [6.45, 7) is 4.87. The lowest BCUT2D eigenvalue weighted by molar-refractivity contribution is -0.130. The van der Waals surface area contributed by atoms with Gasteiger partial charge in [-0.2, -0.15) is 0 Å². The predicted octanol–water partition coefficient (Wildman–Crippen LogP) is 3.17. The largest absolute Gasteiger partial charge is 0.494 e. The van der Waals surface area contributed by atoms with Crippen LogP contribution >= 0.6 is 0 Å². The van der Waals surface area contributed by atoms with E-state index < -0.39 is 0 Å². The van der Waals surface area contributed by atoms with Gasteiger partial charge < -0.3 is 4.74 Å². The van der Waals surface area contributed by atoms with Crippen LogP contribution in [0, 0.1) is 5.92 Å². The van der Waals surface area contributed by atoms with Gasteiger partial charge in [-0.3, -0.25) is 4.79 Å². The Morgan fingerprint density at radius 1 is 1.31 bits per heavy atom. The van der Waals surface area contributed by atoms with Crippen LogP contribution in [0.15, 0.2) is 24.3 Å². The Kier molecular flexibility index (Phi) is 3.28. The Morgan fingerprint density at radius 3 is 2.50 bits per heavy atom. The lowest BCUT2D eigenvalue weighted by Crippen LogP contribution is -2.32. The fraction of sp³-hybridized carbons (Fsp3) is 0.500. The number of rotatable bonds is 4. The van der Waals surface area contributed by atoms with Crippen molar-refractivity contribution in [2.75, 3.05) is 6.61 Å². The van der Waals surface area contributed by atoms with Crippen LogP contribution < -0.4 is 4.74 Å². The highest BCUT2D eigenvalue weighted by Crippen LogP contribution is 2.39. The first kappa shape index (κ1) is 11.2. The molecule has 1 fully saturated rings. The molecule has 0 saturated heterocycles. The van der Waals surface area contributed by atoms with E-state index in [0.29, 0.717) is 18.1 Å². The quantitative estimate of drug-likeness (QED) is 0.776. The lowest BCUT2D eigenvalue weighted by Gasteiger charge is -2.32. The second kappa shape index (κ2) is 4.69. The topological polar surface area (TPSA) is 26.3 Å². The molecule has 0 radical (unpaired) electrons. The van der Waals surface area contributed by atoms with Crippen LogP contribution in [0.4, 0.5) is 0 Å². The first-order valence-corrected chi connectivity index (χ1v) is 5.98. The summed E-state index contributed by atoms with van der Waals surface area (Å²) in [4.78, 5) is 11.2. The maximum absolute atomic E-state index is 11.2. The third kappa shape index (κ3) is 2.11. The molecule has 0 spiro atoms. The molecule has 0 aromatic heterocycles. The van der Waals surface area contributed by atoms with Crippen LogP contribution in [-0.4, -0.2) is 12.4 Å². The van der Waals surface area contributed by atoms with E-state index in [1.165, 1.54) is 5.56 Å². The van der Waals surface area contributed by atoms with Crippen molar-refractivity contribution in [1.82, 2.24) is 0 Å². The van der Waals surface area contributed by atoms with Gasteiger partial charge in [-0.25, -0.2) is 0 Å². The van der Waals surface area contributed by atoms with E-state index in [-0.39, 0.29) is 5.92 Å². The molecule has 0 N–H and O–H groups in total. The van der Waals surface area contributed by atoms with Gasteiger partial charge in [0.05, 0.1) is 6.61 Å². The second-order valence-electron chi connectivity index (χ2n) is 4.48. The van der Waals surface area contributed by atoms with Crippen LogP contribution in [0.3, 0.4) is 0 Å². The average molecular weight is 218 g/mol.